The molecule has 0 fully saturated rings. The molecule has 0 aliphatic rings. The summed E-state index contributed by atoms with van der Waals surface area (Å²) in [5, 5.41) is 2.72. The summed E-state index contributed by atoms with van der Waals surface area (Å²) in [5.41, 5.74) is 2.67. The largest absolute Gasteiger partial charge is 0.355 e. The fourth-order valence-electron chi connectivity index (χ4n) is 4.09. The van der Waals surface area contributed by atoms with E-state index in [9.17, 15) is 22.4 Å². The van der Waals surface area contributed by atoms with Crippen molar-refractivity contribution < 1.29 is 22.4 Å². The summed E-state index contributed by atoms with van der Waals surface area (Å²) >= 11 is 0. The number of halogens is 1. The van der Waals surface area contributed by atoms with Crippen LogP contribution in [0, 0.1) is 12.7 Å². The van der Waals surface area contributed by atoms with E-state index in [4.69, 9.17) is 0 Å². The Hall–Kier alpha value is -3.72. The fourth-order valence-corrected chi connectivity index (χ4v) is 5.55. The first-order chi connectivity index (χ1) is 18.1. The van der Waals surface area contributed by atoms with Gasteiger partial charge in [0.1, 0.15) is 18.4 Å². The van der Waals surface area contributed by atoms with Crippen molar-refractivity contribution in [2.24, 2.45) is 0 Å². The van der Waals surface area contributed by atoms with Crippen LogP contribution in [-0.2, 0) is 32.6 Å². The minimum atomic E-state index is -4.13. The van der Waals surface area contributed by atoms with Crippen molar-refractivity contribution in [3.05, 3.63) is 95.3 Å². The maximum Gasteiger partial charge on any atom is 0.264 e. The summed E-state index contributed by atoms with van der Waals surface area (Å²) in [5.74, 6) is -1.35. The maximum absolute atomic E-state index is 13.9. The van der Waals surface area contributed by atoms with Crippen LogP contribution in [0.2, 0.25) is 0 Å². The SMILES string of the molecule is CCNC(=O)[C@@H](C)N(Cc1ccc(F)cc1)C(=O)CN(c1ccccc1CC)S(=O)(=O)c1ccc(C)cc1. The van der Waals surface area contributed by atoms with Crippen LogP contribution in [-0.4, -0.2) is 44.3 Å². The number of likely N-dealkylation sites (N-methyl/N-ethyl adjacent to an activating group) is 1. The van der Waals surface area contributed by atoms with Crippen LogP contribution in [0.5, 0.6) is 0 Å². The molecular formula is C29H34FN3O4S. The van der Waals surface area contributed by atoms with Crippen LogP contribution in [0.3, 0.4) is 0 Å². The van der Waals surface area contributed by atoms with Crippen molar-refractivity contribution in [2.45, 2.75) is 51.6 Å². The Morgan fingerprint density at radius 3 is 2.18 bits per heavy atom. The predicted molar refractivity (Wildman–Crippen MR) is 147 cm³/mol. The highest BCUT2D eigenvalue weighted by Crippen LogP contribution is 2.28. The number of rotatable bonds is 11. The highest BCUT2D eigenvalue weighted by Gasteiger charge is 2.33. The number of carbonyl (C=O) groups is 2. The van der Waals surface area contributed by atoms with Gasteiger partial charge in [0.25, 0.3) is 10.0 Å². The summed E-state index contributed by atoms with van der Waals surface area (Å²) in [4.78, 5) is 28.0. The Bertz CT molecular complexity index is 1360. The van der Waals surface area contributed by atoms with Crippen molar-refractivity contribution >= 4 is 27.5 Å². The minimum Gasteiger partial charge on any atom is -0.355 e. The summed E-state index contributed by atoms with van der Waals surface area (Å²) < 4.78 is 42.4. The lowest BCUT2D eigenvalue weighted by atomic mass is 10.1. The zero-order valence-electron chi connectivity index (χ0n) is 22.1. The van der Waals surface area contributed by atoms with Crippen molar-refractivity contribution in [1.82, 2.24) is 10.2 Å². The van der Waals surface area contributed by atoms with E-state index in [0.717, 1.165) is 15.4 Å². The van der Waals surface area contributed by atoms with E-state index < -0.39 is 34.3 Å². The van der Waals surface area contributed by atoms with Gasteiger partial charge in [0, 0.05) is 13.1 Å². The lowest BCUT2D eigenvalue weighted by Crippen LogP contribution is -2.51. The second kappa shape index (κ2) is 12.7. The summed E-state index contributed by atoms with van der Waals surface area (Å²) in [7, 11) is -4.13. The topological polar surface area (TPSA) is 86.8 Å². The first kappa shape index (κ1) is 28.8. The van der Waals surface area contributed by atoms with Crippen LogP contribution in [0.4, 0.5) is 10.1 Å². The number of benzene rings is 3. The monoisotopic (exact) mass is 539 g/mol. The van der Waals surface area contributed by atoms with E-state index >= 15 is 0 Å². The third kappa shape index (κ3) is 6.77. The molecule has 0 aliphatic carbocycles. The zero-order chi connectivity index (χ0) is 27.9. The predicted octanol–water partition coefficient (Wildman–Crippen LogP) is 4.45. The third-order valence-corrected chi connectivity index (χ3v) is 8.09. The number of nitrogens with zero attached hydrogens (tertiary/aromatic N) is 2. The van der Waals surface area contributed by atoms with Crippen LogP contribution < -0.4 is 9.62 Å². The standard InChI is InChI=1S/C29H34FN3O4S/c1-5-24-9-7-8-10-27(24)33(38(36,37)26-17-11-21(3)12-18-26)20-28(34)32(22(4)29(35)31-6-2)19-23-13-15-25(30)16-14-23/h7-18,22H,5-6,19-20H2,1-4H3,(H,31,35)/t22-/m1/s1. The van der Waals surface area contributed by atoms with Crippen molar-refractivity contribution in [3.63, 3.8) is 0 Å². The fraction of sp³-hybridized carbons (Fsp3) is 0.310. The first-order valence-electron chi connectivity index (χ1n) is 12.6. The smallest absolute Gasteiger partial charge is 0.264 e. The van der Waals surface area contributed by atoms with Gasteiger partial charge in [-0.1, -0.05) is 55.0 Å². The molecule has 2 amide bonds. The number of carbonyl (C=O) groups excluding carboxylic acids is 2. The lowest BCUT2D eigenvalue weighted by molar-refractivity contribution is -0.139. The molecule has 0 bridgehead atoms. The quantitative estimate of drug-likeness (QED) is 0.390. The first-order valence-corrected chi connectivity index (χ1v) is 14.0. The lowest BCUT2D eigenvalue weighted by Gasteiger charge is -2.32. The third-order valence-electron chi connectivity index (χ3n) is 6.31. The molecule has 38 heavy (non-hydrogen) atoms. The van der Waals surface area contributed by atoms with E-state index in [1.165, 1.54) is 41.3 Å². The van der Waals surface area contributed by atoms with Crippen LogP contribution in [0.25, 0.3) is 0 Å². The highest BCUT2D eigenvalue weighted by atomic mass is 32.2. The average Bonchev–Trinajstić information content (AvgIpc) is 2.91. The number of para-hydroxylation sites is 1. The Balaban J connectivity index is 2.06. The number of hydrogen-bond donors (Lipinski definition) is 1. The molecule has 0 radical (unpaired) electrons. The molecule has 9 heteroatoms. The van der Waals surface area contributed by atoms with Gasteiger partial charge in [-0.05, 0) is 68.7 Å². The number of hydrogen-bond acceptors (Lipinski definition) is 4. The number of amides is 2. The molecule has 0 saturated heterocycles. The highest BCUT2D eigenvalue weighted by molar-refractivity contribution is 7.92. The van der Waals surface area contributed by atoms with Gasteiger partial charge in [-0.3, -0.25) is 13.9 Å². The Morgan fingerprint density at radius 2 is 1.58 bits per heavy atom. The molecule has 0 aromatic heterocycles. The minimum absolute atomic E-state index is 0.00522. The molecule has 0 unspecified atom stereocenters. The summed E-state index contributed by atoms with van der Waals surface area (Å²) in [6.07, 6.45) is 0.554. The molecule has 0 aliphatic heterocycles. The molecule has 3 aromatic carbocycles. The van der Waals surface area contributed by atoms with Gasteiger partial charge < -0.3 is 10.2 Å². The molecule has 0 heterocycles. The van der Waals surface area contributed by atoms with Gasteiger partial charge >= 0.3 is 0 Å². The Kier molecular flexibility index (Phi) is 9.63. The summed E-state index contributed by atoms with van der Waals surface area (Å²) in [6.45, 7) is 7.00. The molecule has 1 atom stereocenters. The van der Waals surface area contributed by atoms with Crippen LogP contribution in [0.1, 0.15) is 37.5 Å². The molecule has 0 spiro atoms. The molecule has 3 aromatic rings. The average molecular weight is 540 g/mol. The molecule has 3 rings (SSSR count). The van der Waals surface area contributed by atoms with Gasteiger partial charge in [-0.25, -0.2) is 12.8 Å². The number of aryl methyl sites for hydroxylation is 2. The number of sulfonamides is 1. The second-order valence-corrected chi connectivity index (χ2v) is 10.9. The Morgan fingerprint density at radius 1 is 0.947 bits per heavy atom. The maximum atomic E-state index is 13.9. The summed E-state index contributed by atoms with van der Waals surface area (Å²) in [6, 6.07) is 18.2. The van der Waals surface area contributed by atoms with Gasteiger partial charge in [0.2, 0.25) is 11.8 Å². The second-order valence-electron chi connectivity index (χ2n) is 9.03. The molecule has 1 N–H and O–H groups in total. The van der Waals surface area contributed by atoms with Crippen molar-refractivity contribution in [2.75, 3.05) is 17.4 Å². The zero-order valence-corrected chi connectivity index (χ0v) is 23.0. The molecule has 0 saturated carbocycles. The van der Waals surface area contributed by atoms with Crippen LogP contribution in [0.15, 0.2) is 77.7 Å². The normalized spacial score (nSPS) is 12.0. The van der Waals surface area contributed by atoms with E-state index in [-0.39, 0.29) is 17.3 Å². The number of nitrogens with one attached hydrogen (secondary N) is 1. The van der Waals surface area contributed by atoms with Gasteiger partial charge in [-0.2, -0.15) is 0 Å². The molecule has 7 nitrogen and oxygen atoms in total. The van der Waals surface area contributed by atoms with Crippen LogP contribution >= 0.6 is 0 Å². The van der Waals surface area contributed by atoms with Crippen molar-refractivity contribution in [1.29, 1.82) is 0 Å². The van der Waals surface area contributed by atoms with E-state index in [2.05, 4.69) is 5.32 Å². The van der Waals surface area contributed by atoms with Gasteiger partial charge in [0.05, 0.1) is 10.6 Å². The van der Waals surface area contributed by atoms with Crippen molar-refractivity contribution in [3.8, 4) is 0 Å². The van der Waals surface area contributed by atoms with E-state index in [1.54, 1.807) is 38.1 Å². The number of anilines is 1. The van der Waals surface area contributed by atoms with E-state index in [1.807, 2.05) is 26.0 Å². The molecule has 202 valence electrons. The molecular weight excluding hydrogens is 505 g/mol. The van der Waals surface area contributed by atoms with Gasteiger partial charge in [-0.15, -0.1) is 0 Å². The Labute approximate surface area is 224 Å². The van der Waals surface area contributed by atoms with Gasteiger partial charge in [0.15, 0.2) is 0 Å². The van der Waals surface area contributed by atoms with E-state index in [0.29, 0.717) is 24.2 Å².